The van der Waals surface area contributed by atoms with Crippen molar-refractivity contribution in [3.05, 3.63) is 39.7 Å². The van der Waals surface area contributed by atoms with Crippen LogP contribution in [-0.4, -0.2) is 62.8 Å². The van der Waals surface area contributed by atoms with Crippen molar-refractivity contribution in [2.24, 2.45) is 0 Å². The van der Waals surface area contributed by atoms with Crippen molar-refractivity contribution in [3.63, 3.8) is 0 Å². The summed E-state index contributed by atoms with van der Waals surface area (Å²) in [6, 6.07) is 3.59. The number of nitrogens with zero attached hydrogens (tertiary/aromatic N) is 5. The number of thiophene rings is 1. The fourth-order valence-electron chi connectivity index (χ4n) is 4.10. The Morgan fingerprint density at radius 3 is 3.03 bits per heavy atom. The number of halogens is 1. The first-order valence-electron chi connectivity index (χ1n) is 11.9. The highest BCUT2D eigenvalue weighted by molar-refractivity contribution is 7.21. The quantitative estimate of drug-likeness (QED) is 0.404. The van der Waals surface area contributed by atoms with E-state index in [2.05, 4.69) is 30.6 Å². The molecule has 2 N–H and O–H groups in total. The number of rotatable bonds is 2. The first kappa shape index (κ1) is 17.8. The highest BCUT2D eigenvalue weighted by atomic mass is 35.5. The van der Waals surface area contributed by atoms with E-state index in [0.29, 0.717) is 33.8 Å². The molecule has 0 bridgehead atoms. The molecule has 10 nitrogen and oxygen atoms in total. The predicted octanol–water partition coefficient (Wildman–Crippen LogP) is 3.25. The number of likely N-dealkylation sites (N-methyl/N-ethyl adjacent to an activating group) is 1. The third-order valence-corrected chi connectivity index (χ3v) is 6.99. The van der Waals surface area contributed by atoms with Crippen LogP contribution in [0.4, 0.5) is 5.69 Å². The normalized spacial score (nSPS) is 19.4. The van der Waals surface area contributed by atoms with Gasteiger partial charge in [0.25, 0.3) is 11.8 Å². The van der Waals surface area contributed by atoms with Gasteiger partial charge in [0.05, 0.1) is 28.6 Å². The average molecular weight is 499 g/mol. The van der Waals surface area contributed by atoms with Gasteiger partial charge in [0, 0.05) is 46.7 Å². The molecule has 4 aromatic rings. The Bertz CT molecular complexity index is 1630. The van der Waals surface area contributed by atoms with Gasteiger partial charge in [-0.15, -0.1) is 11.3 Å². The van der Waals surface area contributed by atoms with Gasteiger partial charge < -0.3 is 20.3 Å². The molecule has 1 atom stereocenters. The lowest BCUT2D eigenvalue weighted by atomic mass is 10.1. The molecule has 0 unspecified atom stereocenters. The number of anilines is 1. The summed E-state index contributed by atoms with van der Waals surface area (Å²) in [6.07, 6.45) is 1.56. The van der Waals surface area contributed by atoms with E-state index in [9.17, 15) is 9.59 Å². The van der Waals surface area contributed by atoms with Crippen LogP contribution in [0.2, 0.25) is 5.28 Å². The zero-order valence-electron chi connectivity index (χ0n) is 20.7. The maximum atomic E-state index is 13.0. The van der Waals surface area contributed by atoms with E-state index in [-0.39, 0.29) is 47.5 Å². The second-order valence-electron chi connectivity index (χ2n) is 8.00. The standard InChI is InChI=1S/C22H18ClN7O3S/c1-9-7-24-17-15-12(34-18(17)19(31)26-9)4-3-11-16(15)25-8-13(27-11)33-20-14-10(28-22(23)29-20)5-6-30(2)21(14)32/h3-4,8-9,24H,5-7H2,1-2H3,(H,26,31)/t9-/m1/s1/i2D3. The molecule has 2 amide bonds. The molecule has 0 radical (unpaired) electrons. The number of benzene rings is 1. The zero-order chi connectivity index (χ0) is 26.1. The molecule has 3 aromatic heterocycles. The van der Waals surface area contributed by atoms with Gasteiger partial charge in [-0.05, 0) is 30.7 Å². The van der Waals surface area contributed by atoms with Crippen LogP contribution in [-0.2, 0) is 6.42 Å². The predicted molar refractivity (Wildman–Crippen MR) is 128 cm³/mol. The number of hydrogen-bond acceptors (Lipinski definition) is 9. The van der Waals surface area contributed by atoms with Crippen LogP contribution in [0.15, 0.2) is 18.3 Å². The van der Waals surface area contributed by atoms with Crippen LogP contribution >= 0.6 is 22.9 Å². The molecule has 34 heavy (non-hydrogen) atoms. The van der Waals surface area contributed by atoms with Crippen molar-refractivity contribution in [2.45, 2.75) is 19.4 Å². The van der Waals surface area contributed by atoms with E-state index >= 15 is 0 Å². The molecule has 5 heterocycles. The second-order valence-corrected chi connectivity index (χ2v) is 9.39. The van der Waals surface area contributed by atoms with Crippen LogP contribution in [0.25, 0.3) is 21.1 Å². The number of aromatic nitrogens is 4. The van der Waals surface area contributed by atoms with E-state index in [1.54, 1.807) is 6.07 Å². The van der Waals surface area contributed by atoms with Crippen molar-refractivity contribution in [3.8, 4) is 11.8 Å². The highest BCUT2D eigenvalue weighted by Crippen LogP contribution is 2.40. The molecule has 0 fully saturated rings. The van der Waals surface area contributed by atoms with E-state index in [1.807, 2.05) is 13.0 Å². The number of hydrogen-bond donors (Lipinski definition) is 2. The van der Waals surface area contributed by atoms with Crippen molar-refractivity contribution in [2.75, 3.05) is 25.4 Å². The van der Waals surface area contributed by atoms with Crippen molar-refractivity contribution >= 4 is 61.6 Å². The van der Waals surface area contributed by atoms with Gasteiger partial charge >= 0.3 is 0 Å². The lowest BCUT2D eigenvalue weighted by Crippen LogP contribution is -2.35. The first-order valence-corrected chi connectivity index (χ1v) is 11.6. The zero-order valence-corrected chi connectivity index (χ0v) is 19.3. The molecule has 1 aromatic carbocycles. The molecule has 172 valence electrons. The van der Waals surface area contributed by atoms with Gasteiger partial charge in [-0.3, -0.25) is 9.59 Å². The van der Waals surface area contributed by atoms with E-state index < -0.39 is 12.9 Å². The summed E-state index contributed by atoms with van der Waals surface area (Å²) >= 11 is 7.43. The summed E-state index contributed by atoms with van der Waals surface area (Å²) in [4.78, 5) is 44.2. The second kappa shape index (κ2) is 7.74. The topological polar surface area (TPSA) is 122 Å². The maximum absolute atomic E-state index is 13.0. The molecular weight excluding hydrogens is 478 g/mol. The summed E-state index contributed by atoms with van der Waals surface area (Å²) in [6.45, 7) is -0.167. The molecule has 0 aliphatic carbocycles. The SMILES string of the molecule is [2H]C([2H])([2H])N1CCc2nc(Cl)nc(Oc3cnc4c(ccc5sc6c(c54)NC[C@@H](C)NC6=O)n3)c2C1=O. The molecular formula is C22H18ClN7O3S. The molecule has 0 saturated heterocycles. The lowest BCUT2D eigenvalue weighted by molar-refractivity contribution is 0.0774. The van der Waals surface area contributed by atoms with E-state index in [0.717, 1.165) is 15.0 Å². The van der Waals surface area contributed by atoms with Crippen molar-refractivity contribution in [1.29, 1.82) is 0 Å². The number of fused-ring (bicyclic) bond motifs is 6. The van der Waals surface area contributed by atoms with Gasteiger partial charge in [-0.2, -0.15) is 4.98 Å². The number of amides is 2. The van der Waals surface area contributed by atoms with Crippen LogP contribution < -0.4 is 15.4 Å². The van der Waals surface area contributed by atoms with Crippen LogP contribution in [0, 0.1) is 0 Å². The van der Waals surface area contributed by atoms with Crippen molar-refractivity contribution in [1.82, 2.24) is 30.2 Å². The summed E-state index contributed by atoms with van der Waals surface area (Å²) in [7, 11) is 0. The van der Waals surface area contributed by atoms with Gasteiger partial charge in [0.15, 0.2) is 0 Å². The number of carbonyl (C=O) groups is 2. The van der Waals surface area contributed by atoms with Crippen molar-refractivity contribution < 1.29 is 18.4 Å². The largest absolute Gasteiger partial charge is 0.418 e. The lowest BCUT2D eigenvalue weighted by Gasteiger charge is -2.24. The third kappa shape index (κ3) is 3.31. The minimum absolute atomic E-state index is 0.0298. The Morgan fingerprint density at radius 2 is 2.18 bits per heavy atom. The van der Waals surface area contributed by atoms with Gasteiger partial charge in [-0.1, -0.05) is 0 Å². The molecule has 2 aliphatic rings. The summed E-state index contributed by atoms with van der Waals surface area (Å²) in [5.41, 5.74) is 2.01. The van der Waals surface area contributed by atoms with E-state index in [4.69, 9.17) is 20.5 Å². The summed E-state index contributed by atoms with van der Waals surface area (Å²) in [5.74, 6) is -1.08. The Morgan fingerprint density at radius 1 is 1.29 bits per heavy atom. The molecule has 6 rings (SSSR count). The molecule has 0 spiro atoms. The summed E-state index contributed by atoms with van der Waals surface area (Å²) < 4.78 is 29.7. The minimum atomic E-state index is -2.62. The van der Waals surface area contributed by atoms with Gasteiger partial charge in [0.2, 0.25) is 17.0 Å². The minimum Gasteiger partial charge on any atom is -0.418 e. The van der Waals surface area contributed by atoms with E-state index in [1.165, 1.54) is 17.5 Å². The molecule has 2 aliphatic heterocycles. The fourth-order valence-corrected chi connectivity index (χ4v) is 5.37. The van der Waals surface area contributed by atoms with Gasteiger partial charge in [0.1, 0.15) is 10.4 Å². The molecule has 0 saturated carbocycles. The Kier molecular flexibility index (Phi) is 4.06. The Labute approximate surface area is 206 Å². The third-order valence-electron chi connectivity index (χ3n) is 5.67. The van der Waals surface area contributed by atoms with Gasteiger partial charge in [-0.25, -0.2) is 15.0 Å². The fraction of sp³-hybridized carbons (Fsp3) is 0.273. The monoisotopic (exact) mass is 498 g/mol. The number of carbonyl (C=O) groups excluding carboxylic acids is 2. The smallest absolute Gasteiger partial charge is 0.263 e. The first-order chi connectivity index (χ1) is 17.6. The Balaban J connectivity index is 1.42. The van der Waals surface area contributed by atoms with Crippen LogP contribution in [0.1, 0.15) is 36.8 Å². The summed E-state index contributed by atoms with van der Waals surface area (Å²) in [5, 5.41) is 6.94. The molecule has 12 heteroatoms. The maximum Gasteiger partial charge on any atom is 0.263 e. The Hall–Kier alpha value is -3.57. The van der Waals surface area contributed by atoms with Crippen LogP contribution in [0.3, 0.4) is 0 Å². The van der Waals surface area contributed by atoms with Crippen LogP contribution in [0.5, 0.6) is 11.8 Å². The number of nitrogens with one attached hydrogen (secondary N) is 2. The average Bonchev–Trinajstić information content (AvgIpc) is 3.14. The highest BCUT2D eigenvalue weighted by Gasteiger charge is 2.30. The number of ether oxygens (including phenoxy) is 1.